The Morgan fingerprint density at radius 1 is 0.933 bits per heavy atom. The van der Waals surface area contributed by atoms with Gasteiger partial charge >= 0.3 is 0 Å². The summed E-state index contributed by atoms with van der Waals surface area (Å²) in [5.41, 5.74) is 6.48. The Morgan fingerprint density at radius 2 is 1.60 bits per heavy atom. The topological polar surface area (TPSA) is 93.8 Å². The molecule has 158 valence electrons. The van der Waals surface area contributed by atoms with Crippen molar-refractivity contribution in [2.45, 2.75) is 41.2 Å². The molecule has 1 aromatic carbocycles. The second kappa shape index (κ2) is 8.52. The molecule has 0 bridgehead atoms. The maximum atomic E-state index is 12.7. The quantitative estimate of drug-likeness (QED) is 0.656. The molecule has 0 spiro atoms. The summed E-state index contributed by atoms with van der Waals surface area (Å²) in [7, 11) is 1.82. The molecule has 0 aliphatic carbocycles. The van der Waals surface area contributed by atoms with Gasteiger partial charge in [-0.15, -0.1) is 0 Å². The molecule has 0 aliphatic rings. The number of carbonyl (C=O) groups excluding carboxylic acids is 2. The second-order valence-corrected chi connectivity index (χ2v) is 7.59. The smallest absolute Gasteiger partial charge is 0.255 e. The highest BCUT2D eigenvalue weighted by molar-refractivity contribution is 6.00. The van der Waals surface area contributed by atoms with E-state index in [-0.39, 0.29) is 18.4 Å². The molecular formula is C22H28N6O2. The summed E-state index contributed by atoms with van der Waals surface area (Å²) in [6, 6.07) is 8.22. The molecule has 8 nitrogen and oxygen atoms in total. The highest BCUT2D eigenvalue weighted by atomic mass is 16.2. The lowest BCUT2D eigenvalue weighted by molar-refractivity contribution is -0.115. The zero-order valence-corrected chi connectivity index (χ0v) is 18.3. The van der Waals surface area contributed by atoms with E-state index in [2.05, 4.69) is 45.1 Å². The van der Waals surface area contributed by atoms with E-state index in [1.54, 1.807) is 11.6 Å². The van der Waals surface area contributed by atoms with E-state index >= 15 is 0 Å². The fourth-order valence-corrected chi connectivity index (χ4v) is 3.43. The molecular weight excluding hydrogens is 380 g/mol. The van der Waals surface area contributed by atoms with E-state index < -0.39 is 0 Å². The summed E-state index contributed by atoms with van der Waals surface area (Å²) >= 11 is 0. The lowest BCUT2D eigenvalue weighted by Crippen LogP contribution is -2.33. The molecule has 0 radical (unpaired) electrons. The van der Waals surface area contributed by atoms with Crippen molar-refractivity contribution in [2.24, 2.45) is 7.05 Å². The number of hydrogen-bond donors (Lipinski definition) is 2. The van der Waals surface area contributed by atoms with E-state index in [0.717, 1.165) is 22.6 Å². The fourth-order valence-electron chi connectivity index (χ4n) is 3.43. The minimum absolute atomic E-state index is 0.130. The van der Waals surface area contributed by atoms with Gasteiger partial charge in [0.2, 0.25) is 5.91 Å². The molecule has 2 aromatic heterocycles. The van der Waals surface area contributed by atoms with Crippen LogP contribution in [0, 0.1) is 34.6 Å². The summed E-state index contributed by atoms with van der Waals surface area (Å²) in [5.74, 6) is -0.611. The van der Waals surface area contributed by atoms with Gasteiger partial charge in [0.1, 0.15) is 0 Å². The third kappa shape index (κ3) is 4.42. The van der Waals surface area contributed by atoms with Crippen molar-refractivity contribution >= 4 is 17.5 Å². The highest BCUT2D eigenvalue weighted by Gasteiger charge is 2.20. The van der Waals surface area contributed by atoms with Crippen molar-refractivity contribution in [3.05, 3.63) is 63.7 Å². The van der Waals surface area contributed by atoms with Crippen LogP contribution in [-0.4, -0.2) is 37.9 Å². The summed E-state index contributed by atoms with van der Waals surface area (Å²) < 4.78 is 3.52. The summed E-state index contributed by atoms with van der Waals surface area (Å²) in [6.07, 6.45) is 0. The Balaban J connectivity index is 1.66. The predicted molar refractivity (Wildman–Crippen MR) is 116 cm³/mol. The lowest BCUT2D eigenvalue weighted by atomic mass is 10.1. The molecule has 2 N–H and O–H groups in total. The van der Waals surface area contributed by atoms with Gasteiger partial charge in [-0.3, -0.25) is 19.0 Å². The standard InChI is InChI=1S/C22H28N6O2/c1-13-7-9-18(10-8-13)12-28-16(4)20(14(2)26-28)22(30)23-11-19(29)24-21-15(3)25-27(6)17(21)5/h7-10H,11-12H2,1-6H3,(H,23,30)(H,24,29). The van der Waals surface area contributed by atoms with Crippen LogP contribution < -0.4 is 10.6 Å². The summed E-state index contributed by atoms with van der Waals surface area (Å²) in [4.78, 5) is 25.1. The number of benzene rings is 1. The Kier molecular flexibility index (Phi) is 6.05. The van der Waals surface area contributed by atoms with Gasteiger partial charge in [0.05, 0.1) is 41.4 Å². The molecule has 0 saturated carbocycles. The first-order valence-electron chi connectivity index (χ1n) is 9.85. The molecule has 0 saturated heterocycles. The van der Waals surface area contributed by atoms with Gasteiger partial charge in [-0.1, -0.05) is 29.8 Å². The third-order valence-electron chi connectivity index (χ3n) is 5.24. The molecule has 0 fully saturated rings. The van der Waals surface area contributed by atoms with Gasteiger partial charge in [-0.25, -0.2) is 0 Å². The van der Waals surface area contributed by atoms with Crippen molar-refractivity contribution in [1.29, 1.82) is 0 Å². The molecule has 2 amide bonds. The van der Waals surface area contributed by atoms with Crippen LogP contribution in [0.5, 0.6) is 0 Å². The van der Waals surface area contributed by atoms with Crippen LogP contribution in [-0.2, 0) is 18.4 Å². The number of rotatable bonds is 6. The molecule has 0 unspecified atom stereocenters. The molecule has 2 heterocycles. The highest BCUT2D eigenvalue weighted by Crippen LogP contribution is 2.18. The zero-order valence-electron chi connectivity index (χ0n) is 18.3. The minimum Gasteiger partial charge on any atom is -0.343 e. The molecule has 0 aliphatic heterocycles. The van der Waals surface area contributed by atoms with Gasteiger partial charge < -0.3 is 10.6 Å². The average molecular weight is 409 g/mol. The van der Waals surface area contributed by atoms with Crippen LogP contribution in [0.1, 0.15) is 44.3 Å². The first-order chi connectivity index (χ1) is 14.2. The molecule has 3 aromatic rings. The van der Waals surface area contributed by atoms with E-state index in [0.29, 0.717) is 23.5 Å². The Bertz CT molecular complexity index is 1090. The van der Waals surface area contributed by atoms with Crippen molar-refractivity contribution in [3.63, 3.8) is 0 Å². The maximum absolute atomic E-state index is 12.7. The molecule has 8 heteroatoms. The number of nitrogens with zero attached hydrogens (tertiary/aromatic N) is 4. The number of anilines is 1. The van der Waals surface area contributed by atoms with Crippen molar-refractivity contribution in [2.75, 3.05) is 11.9 Å². The molecule has 0 atom stereocenters. The normalized spacial score (nSPS) is 10.9. The molecule has 3 rings (SSSR count). The summed E-state index contributed by atoms with van der Waals surface area (Å²) in [6.45, 7) is 9.87. The number of aromatic nitrogens is 4. The largest absolute Gasteiger partial charge is 0.343 e. The van der Waals surface area contributed by atoms with Crippen molar-refractivity contribution in [3.8, 4) is 0 Å². The number of amides is 2. The van der Waals surface area contributed by atoms with E-state index in [9.17, 15) is 9.59 Å². The van der Waals surface area contributed by atoms with Gasteiger partial charge in [0.15, 0.2) is 0 Å². The maximum Gasteiger partial charge on any atom is 0.255 e. The number of hydrogen-bond acceptors (Lipinski definition) is 4. The predicted octanol–water partition coefficient (Wildman–Crippen LogP) is 2.58. The van der Waals surface area contributed by atoms with Gasteiger partial charge in [-0.2, -0.15) is 10.2 Å². The zero-order chi connectivity index (χ0) is 22.0. The minimum atomic E-state index is -0.310. The van der Waals surface area contributed by atoms with Crippen molar-refractivity contribution in [1.82, 2.24) is 24.9 Å². The first kappa shape index (κ1) is 21.3. The monoisotopic (exact) mass is 408 g/mol. The van der Waals surface area contributed by atoms with Gasteiger partial charge in [0, 0.05) is 12.7 Å². The number of aryl methyl sites for hydroxylation is 4. The third-order valence-corrected chi connectivity index (χ3v) is 5.24. The second-order valence-electron chi connectivity index (χ2n) is 7.59. The van der Waals surface area contributed by atoms with Crippen LogP contribution in [0.15, 0.2) is 24.3 Å². The van der Waals surface area contributed by atoms with Crippen LogP contribution in [0.3, 0.4) is 0 Å². The molecule has 30 heavy (non-hydrogen) atoms. The van der Waals surface area contributed by atoms with Gasteiger partial charge in [0.25, 0.3) is 5.91 Å². The number of carbonyl (C=O) groups is 2. The first-order valence-corrected chi connectivity index (χ1v) is 9.85. The lowest BCUT2D eigenvalue weighted by Gasteiger charge is -2.08. The van der Waals surface area contributed by atoms with Crippen LogP contribution in [0.4, 0.5) is 5.69 Å². The summed E-state index contributed by atoms with van der Waals surface area (Å²) in [5, 5.41) is 14.3. The van der Waals surface area contributed by atoms with E-state index in [1.807, 2.05) is 39.4 Å². The fraction of sp³-hybridized carbons (Fsp3) is 0.364. The Labute approximate surface area is 176 Å². The number of nitrogens with one attached hydrogen (secondary N) is 2. The SMILES string of the molecule is Cc1ccc(Cn2nc(C)c(C(=O)NCC(=O)Nc3c(C)nn(C)c3C)c2C)cc1. The van der Waals surface area contributed by atoms with E-state index in [4.69, 9.17) is 0 Å². The van der Waals surface area contributed by atoms with E-state index in [1.165, 1.54) is 5.56 Å². The average Bonchev–Trinajstić information content (AvgIpc) is 3.10. The van der Waals surface area contributed by atoms with Crippen molar-refractivity contribution < 1.29 is 9.59 Å². The van der Waals surface area contributed by atoms with Crippen LogP contribution in [0.2, 0.25) is 0 Å². The Morgan fingerprint density at radius 3 is 2.20 bits per heavy atom. The van der Waals surface area contributed by atoms with Crippen LogP contribution in [0.25, 0.3) is 0 Å². The van der Waals surface area contributed by atoms with Crippen LogP contribution >= 0.6 is 0 Å². The Hall–Kier alpha value is -3.42. The van der Waals surface area contributed by atoms with Gasteiger partial charge in [-0.05, 0) is 40.2 Å².